The summed E-state index contributed by atoms with van der Waals surface area (Å²) < 4.78 is 16.2. The Labute approximate surface area is 130 Å². The molecule has 3 rings (SSSR count). The lowest BCUT2D eigenvalue weighted by molar-refractivity contribution is 0.0278. The minimum Gasteiger partial charge on any atom is -0.466 e. The average molecular weight is 318 g/mol. The van der Waals surface area contributed by atoms with Crippen LogP contribution in [0.25, 0.3) is 10.8 Å². The molecule has 0 aromatic carbocycles. The van der Waals surface area contributed by atoms with Gasteiger partial charge in [-0.1, -0.05) is 6.07 Å². The van der Waals surface area contributed by atoms with Crippen molar-refractivity contribution in [1.82, 2.24) is 10.2 Å². The number of rotatable bonds is 4. The first kappa shape index (κ1) is 14.5. The van der Waals surface area contributed by atoms with Crippen LogP contribution in [0.15, 0.2) is 32.4 Å². The van der Waals surface area contributed by atoms with Crippen LogP contribution in [-0.2, 0) is 4.74 Å². The number of nitrogens with zero attached hydrogens (tertiary/aromatic N) is 2. The molecule has 6 nitrogen and oxygen atoms in total. The third kappa shape index (κ3) is 2.80. The van der Waals surface area contributed by atoms with Crippen molar-refractivity contribution in [2.45, 2.75) is 26.9 Å². The van der Waals surface area contributed by atoms with Crippen LogP contribution in [0.3, 0.4) is 0 Å². The second-order valence-corrected chi connectivity index (χ2v) is 5.74. The number of hydrogen-bond acceptors (Lipinski definition) is 7. The number of aryl methyl sites for hydroxylation is 2. The molecule has 0 saturated heterocycles. The molecule has 0 aliphatic carbocycles. The maximum Gasteiger partial charge on any atom is 0.342 e. The Bertz CT molecular complexity index is 788. The molecular formula is C15H14N2O4S. The van der Waals surface area contributed by atoms with E-state index in [2.05, 4.69) is 10.2 Å². The third-order valence-corrected chi connectivity index (χ3v) is 3.92. The summed E-state index contributed by atoms with van der Waals surface area (Å²) in [6, 6.07) is 5.43. The van der Waals surface area contributed by atoms with Gasteiger partial charge in [-0.05, 0) is 38.3 Å². The maximum absolute atomic E-state index is 12.1. The van der Waals surface area contributed by atoms with Crippen molar-refractivity contribution in [3.05, 3.63) is 46.6 Å². The van der Waals surface area contributed by atoms with Gasteiger partial charge in [-0.3, -0.25) is 0 Å². The van der Waals surface area contributed by atoms with E-state index in [1.54, 1.807) is 26.8 Å². The van der Waals surface area contributed by atoms with Crippen molar-refractivity contribution in [2.24, 2.45) is 0 Å². The van der Waals surface area contributed by atoms with E-state index in [1.807, 2.05) is 17.5 Å². The van der Waals surface area contributed by atoms with E-state index < -0.39 is 12.1 Å². The number of furan rings is 1. The molecule has 0 N–H and O–H groups in total. The second kappa shape index (κ2) is 5.76. The van der Waals surface area contributed by atoms with E-state index in [1.165, 1.54) is 11.3 Å². The van der Waals surface area contributed by atoms with Gasteiger partial charge < -0.3 is 13.6 Å². The van der Waals surface area contributed by atoms with Crippen molar-refractivity contribution < 1.29 is 18.4 Å². The summed E-state index contributed by atoms with van der Waals surface area (Å²) in [5.41, 5.74) is 0.405. The zero-order valence-electron chi connectivity index (χ0n) is 12.3. The lowest BCUT2D eigenvalue weighted by Gasteiger charge is -2.08. The fourth-order valence-corrected chi connectivity index (χ4v) is 2.65. The number of carbonyl (C=O) groups is 1. The molecule has 7 heteroatoms. The van der Waals surface area contributed by atoms with E-state index >= 15 is 0 Å². The minimum atomic E-state index is -0.636. The van der Waals surface area contributed by atoms with Gasteiger partial charge in [-0.25, -0.2) is 4.79 Å². The first-order valence-corrected chi connectivity index (χ1v) is 7.58. The summed E-state index contributed by atoms with van der Waals surface area (Å²) in [5.74, 6) is 1.39. The van der Waals surface area contributed by atoms with Crippen molar-refractivity contribution >= 4 is 17.3 Å². The topological polar surface area (TPSA) is 78.4 Å². The summed E-state index contributed by atoms with van der Waals surface area (Å²) in [6.07, 6.45) is -0.636. The van der Waals surface area contributed by atoms with Crippen LogP contribution in [0.1, 0.15) is 40.8 Å². The molecule has 0 saturated carbocycles. The van der Waals surface area contributed by atoms with E-state index in [0.29, 0.717) is 23.0 Å². The number of aromatic nitrogens is 2. The summed E-state index contributed by atoms with van der Waals surface area (Å²) in [7, 11) is 0. The molecule has 0 aliphatic heterocycles. The smallest absolute Gasteiger partial charge is 0.342 e. The molecular weight excluding hydrogens is 304 g/mol. The lowest BCUT2D eigenvalue weighted by atomic mass is 10.2. The van der Waals surface area contributed by atoms with Crippen molar-refractivity contribution in [3.63, 3.8) is 0 Å². The van der Waals surface area contributed by atoms with E-state index in [0.717, 1.165) is 4.88 Å². The van der Waals surface area contributed by atoms with Gasteiger partial charge in [0.15, 0.2) is 6.10 Å². The Morgan fingerprint density at radius 3 is 2.77 bits per heavy atom. The molecule has 1 atom stereocenters. The monoisotopic (exact) mass is 318 g/mol. The summed E-state index contributed by atoms with van der Waals surface area (Å²) in [6.45, 7) is 5.18. The van der Waals surface area contributed by atoms with Crippen molar-refractivity contribution in [3.8, 4) is 10.8 Å². The molecule has 0 fully saturated rings. The quantitative estimate of drug-likeness (QED) is 0.678. The minimum absolute atomic E-state index is 0.259. The van der Waals surface area contributed by atoms with Crippen LogP contribution in [0.4, 0.5) is 0 Å². The molecule has 0 aliphatic rings. The predicted molar refractivity (Wildman–Crippen MR) is 79.6 cm³/mol. The molecule has 0 spiro atoms. The van der Waals surface area contributed by atoms with Crippen LogP contribution in [0, 0.1) is 13.8 Å². The number of thiophene rings is 1. The van der Waals surface area contributed by atoms with E-state index in [9.17, 15) is 4.79 Å². The predicted octanol–water partition coefficient (Wildman–Crippen LogP) is 3.93. The lowest BCUT2D eigenvalue weighted by Crippen LogP contribution is -2.09. The number of ether oxygens (including phenoxy) is 1. The van der Waals surface area contributed by atoms with Crippen LogP contribution >= 0.6 is 11.3 Å². The molecule has 22 heavy (non-hydrogen) atoms. The van der Waals surface area contributed by atoms with E-state index in [4.69, 9.17) is 13.6 Å². The molecule has 0 radical (unpaired) electrons. The fourth-order valence-electron chi connectivity index (χ4n) is 2.01. The average Bonchev–Trinajstić information content (AvgIpc) is 3.17. The number of carbonyl (C=O) groups excluding carboxylic acids is 1. The molecule has 3 aromatic heterocycles. The normalized spacial score (nSPS) is 12.3. The first-order chi connectivity index (χ1) is 10.5. The summed E-state index contributed by atoms with van der Waals surface area (Å²) in [5, 5.41) is 9.82. The number of hydrogen-bond donors (Lipinski definition) is 0. The molecule has 0 bridgehead atoms. The highest BCUT2D eigenvalue weighted by molar-refractivity contribution is 7.13. The van der Waals surface area contributed by atoms with Crippen molar-refractivity contribution in [2.75, 3.05) is 0 Å². The first-order valence-electron chi connectivity index (χ1n) is 6.70. The third-order valence-electron chi connectivity index (χ3n) is 3.07. The molecule has 114 valence electrons. The highest BCUT2D eigenvalue weighted by atomic mass is 32.1. The Kier molecular flexibility index (Phi) is 3.81. The van der Waals surface area contributed by atoms with Crippen LogP contribution < -0.4 is 0 Å². The molecule has 0 amide bonds. The highest BCUT2D eigenvalue weighted by Crippen LogP contribution is 2.26. The van der Waals surface area contributed by atoms with Gasteiger partial charge in [0, 0.05) is 0 Å². The Morgan fingerprint density at radius 2 is 2.14 bits per heavy atom. The molecule has 3 aromatic rings. The zero-order valence-corrected chi connectivity index (χ0v) is 13.1. The van der Waals surface area contributed by atoms with Gasteiger partial charge in [-0.2, -0.15) is 0 Å². The van der Waals surface area contributed by atoms with Crippen molar-refractivity contribution in [1.29, 1.82) is 0 Å². The highest BCUT2D eigenvalue weighted by Gasteiger charge is 2.22. The standard InChI is InChI=1S/C15H14N2O4S/c1-8-7-11(9(2)19-8)15(18)20-10(3)13-16-17-14(21-13)12-5-4-6-22-12/h4-7,10H,1-3H3/t10-/m0/s1. The largest absolute Gasteiger partial charge is 0.466 e. The molecule has 3 heterocycles. The van der Waals surface area contributed by atoms with Gasteiger partial charge >= 0.3 is 5.97 Å². The second-order valence-electron chi connectivity index (χ2n) is 4.80. The van der Waals surface area contributed by atoms with Gasteiger partial charge in [0.2, 0.25) is 0 Å². The zero-order chi connectivity index (χ0) is 15.7. The van der Waals surface area contributed by atoms with Gasteiger partial charge in [0.25, 0.3) is 11.8 Å². The Hall–Kier alpha value is -2.41. The van der Waals surface area contributed by atoms with Crippen LogP contribution in [0.2, 0.25) is 0 Å². The maximum atomic E-state index is 12.1. The molecule has 0 unspecified atom stereocenters. The summed E-state index contributed by atoms with van der Waals surface area (Å²) in [4.78, 5) is 13.0. The van der Waals surface area contributed by atoms with Gasteiger partial charge in [0.1, 0.15) is 17.1 Å². The SMILES string of the molecule is Cc1cc(C(=O)O[C@@H](C)c2nnc(-c3cccs3)o2)c(C)o1. The number of esters is 1. The van der Waals surface area contributed by atoms with Gasteiger partial charge in [0.05, 0.1) is 4.88 Å². The van der Waals surface area contributed by atoms with Crippen LogP contribution in [0.5, 0.6) is 0 Å². The summed E-state index contributed by atoms with van der Waals surface area (Å²) >= 11 is 1.50. The fraction of sp³-hybridized carbons (Fsp3) is 0.267. The Balaban J connectivity index is 1.73. The van der Waals surface area contributed by atoms with E-state index in [-0.39, 0.29) is 5.89 Å². The Morgan fingerprint density at radius 1 is 1.32 bits per heavy atom. The van der Waals surface area contributed by atoms with Crippen LogP contribution in [-0.4, -0.2) is 16.2 Å². The van der Waals surface area contributed by atoms with Gasteiger partial charge in [-0.15, -0.1) is 21.5 Å².